The monoisotopic (exact) mass is 417 g/mol. The third-order valence-corrected chi connectivity index (χ3v) is 5.38. The highest BCUT2D eigenvalue weighted by molar-refractivity contribution is 7.89. The molecule has 0 bridgehead atoms. The summed E-state index contributed by atoms with van der Waals surface area (Å²) < 4.78 is 73.0. The molecule has 28 heavy (non-hydrogen) atoms. The van der Waals surface area contributed by atoms with Gasteiger partial charge in [-0.25, -0.2) is 13.4 Å². The van der Waals surface area contributed by atoms with Crippen LogP contribution in [-0.2, 0) is 23.2 Å². The summed E-state index contributed by atoms with van der Waals surface area (Å²) in [5.41, 5.74) is -1.21. The Morgan fingerprint density at radius 1 is 1.29 bits per heavy atom. The third kappa shape index (κ3) is 3.97. The van der Waals surface area contributed by atoms with Gasteiger partial charge in [-0.15, -0.1) is 0 Å². The Balaban J connectivity index is 1.87. The van der Waals surface area contributed by atoms with Crippen LogP contribution in [0, 0.1) is 5.92 Å². The molecule has 0 aliphatic carbocycles. The van der Waals surface area contributed by atoms with Crippen LogP contribution in [0.1, 0.15) is 31.4 Å². The van der Waals surface area contributed by atoms with Gasteiger partial charge < -0.3 is 8.98 Å². The Hall–Kier alpha value is -2.60. The maximum Gasteiger partial charge on any atom is 0.432 e. The minimum Gasteiger partial charge on any atom is -0.442 e. The Morgan fingerprint density at radius 3 is 2.54 bits per heavy atom. The number of H-pyrrole nitrogens is 1. The van der Waals surface area contributed by atoms with E-state index >= 15 is 0 Å². The van der Waals surface area contributed by atoms with Crippen LogP contribution < -0.4 is 4.72 Å². The van der Waals surface area contributed by atoms with E-state index in [9.17, 15) is 21.6 Å². The van der Waals surface area contributed by atoms with E-state index in [-0.39, 0.29) is 17.4 Å². The van der Waals surface area contributed by atoms with E-state index in [2.05, 4.69) is 14.8 Å². The van der Waals surface area contributed by atoms with Crippen LogP contribution in [0.3, 0.4) is 0 Å². The molecule has 3 aromatic rings. The summed E-state index contributed by atoms with van der Waals surface area (Å²) in [5.74, 6) is 0.295. The first-order valence-corrected chi connectivity index (χ1v) is 9.69. The summed E-state index contributed by atoms with van der Waals surface area (Å²) in [5, 5.41) is 4.94. The van der Waals surface area contributed by atoms with Crippen LogP contribution in [0.5, 0.6) is 0 Å². The van der Waals surface area contributed by atoms with Gasteiger partial charge in [0.1, 0.15) is 17.2 Å². The quantitative estimate of drug-likeness (QED) is 0.641. The van der Waals surface area contributed by atoms with Gasteiger partial charge >= 0.3 is 6.18 Å². The lowest BCUT2D eigenvalue weighted by Gasteiger charge is -2.21. The van der Waals surface area contributed by atoms with Gasteiger partial charge in [0.2, 0.25) is 5.09 Å². The summed E-state index contributed by atoms with van der Waals surface area (Å²) in [7, 11) is -2.34. The molecule has 1 atom stereocenters. The van der Waals surface area contributed by atoms with Gasteiger partial charge in [-0.3, -0.25) is 5.10 Å². The van der Waals surface area contributed by atoms with Crippen molar-refractivity contribution in [3.8, 4) is 11.5 Å². The molecule has 0 fully saturated rings. The van der Waals surface area contributed by atoms with Crippen molar-refractivity contribution in [3.63, 3.8) is 0 Å². The van der Waals surface area contributed by atoms with E-state index in [0.29, 0.717) is 5.82 Å². The molecular weight excluding hydrogens is 399 g/mol. The smallest absolute Gasteiger partial charge is 0.432 e. The molecule has 0 radical (unpaired) electrons. The van der Waals surface area contributed by atoms with Crippen LogP contribution in [0.25, 0.3) is 11.5 Å². The fraction of sp³-hybridized carbons (Fsp3) is 0.375. The Morgan fingerprint density at radius 2 is 2.00 bits per heavy atom. The van der Waals surface area contributed by atoms with Crippen molar-refractivity contribution < 1.29 is 26.0 Å². The van der Waals surface area contributed by atoms with Crippen molar-refractivity contribution in [2.45, 2.75) is 31.2 Å². The van der Waals surface area contributed by atoms with Gasteiger partial charge in [-0.1, -0.05) is 13.8 Å². The molecule has 0 aliphatic heterocycles. The van der Waals surface area contributed by atoms with E-state index < -0.39 is 33.0 Å². The van der Waals surface area contributed by atoms with Crippen LogP contribution in [0.2, 0.25) is 0 Å². The van der Waals surface area contributed by atoms with Crippen LogP contribution in [0.4, 0.5) is 13.2 Å². The highest BCUT2D eigenvalue weighted by atomic mass is 32.2. The van der Waals surface area contributed by atoms with Gasteiger partial charge in [-0.05, 0) is 24.1 Å². The lowest BCUT2D eigenvalue weighted by molar-refractivity contribution is -0.141. The van der Waals surface area contributed by atoms with Crippen molar-refractivity contribution in [2.24, 2.45) is 13.0 Å². The van der Waals surface area contributed by atoms with Crippen LogP contribution >= 0.6 is 0 Å². The number of hydrogen-bond donors (Lipinski definition) is 2. The van der Waals surface area contributed by atoms with Gasteiger partial charge in [0.15, 0.2) is 5.76 Å². The van der Waals surface area contributed by atoms with E-state index in [1.807, 2.05) is 18.9 Å². The fourth-order valence-electron chi connectivity index (χ4n) is 2.58. The zero-order valence-corrected chi connectivity index (χ0v) is 16.0. The molecule has 12 heteroatoms. The van der Waals surface area contributed by atoms with E-state index in [1.54, 1.807) is 24.0 Å². The van der Waals surface area contributed by atoms with E-state index in [0.717, 1.165) is 12.1 Å². The van der Waals surface area contributed by atoms with Crippen molar-refractivity contribution in [3.05, 3.63) is 42.1 Å². The molecule has 3 aromatic heterocycles. The first kappa shape index (κ1) is 20.1. The molecule has 0 saturated heterocycles. The number of aryl methyl sites for hydroxylation is 1. The number of rotatable bonds is 6. The van der Waals surface area contributed by atoms with Crippen molar-refractivity contribution in [2.75, 3.05) is 0 Å². The minimum atomic E-state index is -4.60. The van der Waals surface area contributed by atoms with E-state index in [1.165, 1.54) is 6.07 Å². The number of hydrogen-bond acceptors (Lipinski definition) is 5. The summed E-state index contributed by atoms with van der Waals surface area (Å²) in [6.45, 7) is 3.66. The second-order valence-corrected chi connectivity index (χ2v) is 8.17. The first-order valence-electron chi connectivity index (χ1n) is 8.21. The number of halogens is 3. The molecule has 3 heterocycles. The van der Waals surface area contributed by atoms with Crippen molar-refractivity contribution >= 4 is 10.0 Å². The SMILES string of the molecule is CC(C)[C@H](NS(=O)(=O)c1ccc(-c2cc(C(F)(F)F)[nH]n2)o1)c1nccn1C. The predicted molar refractivity (Wildman–Crippen MR) is 92.4 cm³/mol. The first-order chi connectivity index (χ1) is 13.0. The van der Waals surface area contributed by atoms with Gasteiger partial charge in [0, 0.05) is 19.4 Å². The number of aromatic nitrogens is 4. The summed E-state index contributed by atoms with van der Waals surface area (Å²) >= 11 is 0. The van der Waals surface area contributed by atoms with Crippen LogP contribution in [-0.4, -0.2) is 28.2 Å². The zero-order chi connectivity index (χ0) is 20.7. The average Bonchev–Trinajstić information content (AvgIpc) is 3.31. The largest absolute Gasteiger partial charge is 0.442 e. The molecule has 0 aliphatic rings. The maximum atomic E-state index is 12.7. The second kappa shape index (κ2) is 7.09. The minimum absolute atomic E-state index is 0.106. The fourth-order valence-corrected chi connectivity index (χ4v) is 3.86. The van der Waals surface area contributed by atoms with Crippen molar-refractivity contribution in [1.82, 2.24) is 24.5 Å². The zero-order valence-electron chi connectivity index (χ0n) is 15.1. The van der Waals surface area contributed by atoms with Gasteiger partial charge in [-0.2, -0.15) is 23.0 Å². The van der Waals surface area contributed by atoms with Gasteiger partial charge in [0.25, 0.3) is 10.0 Å². The molecule has 0 amide bonds. The number of alkyl halides is 3. The number of imidazole rings is 1. The summed E-state index contributed by atoms with van der Waals surface area (Å²) in [6, 6.07) is 2.53. The standard InChI is InChI=1S/C16H18F3N5O3S/c1-9(2)14(15-20-6-7-24(15)3)23-28(25,26)13-5-4-11(27-13)10-8-12(22-21-10)16(17,18)19/h4-9,14,23H,1-3H3,(H,21,22)/t14-/m0/s1. The predicted octanol–water partition coefficient (Wildman–Crippen LogP) is 3.10. The number of nitrogens with zero attached hydrogens (tertiary/aromatic N) is 3. The van der Waals surface area contributed by atoms with Crippen LogP contribution in [0.15, 0.2) is 40.1 Å². The molecular formula is C16H18F3N5O3S. The molecule has 0 spiro atoms. The Labute approximate surface area is 158 Å². The average molecular weight is 417 g/mol. The topological polar surface area (TPSA) is 106 Å². The van der Waals surface area contributed by atoms with E-state index in [4.69, 9.17) is 4.42 Å². The maximum absolute atomic E-state index is 12.7. The molecule has 0 aromatic carbocycles. The molecule has 0 unspecified atom stereocenters. The lowest BCUT2D eigenvalue weighted by Crippen LogP contribution is -2.33. The van der Waals surface area contributed by atoms with Crippen molar-refractivity contribution in [1.29, 1.82) is 0 Å². The second-order valence-electron chi connectivity index (χ2n) is 6.52. The lowest BCUT2D eigenvalue weighted by atomic mass is 10.1. The molecule has 2 N–H and O–H groups in total. The Bertz CT molecular complexity index is 1070. The summed E-state index contributed by atoms with van der Waals surface area (Å²) in [6.07, 6.45) is -1.35. The normalized spacial score (nSPS) is 14.0. The number of sulfonamides is 1. The highest BCUT2D eigenvalue weighted by Gasteiger charge is 2.34. The number of aromatic amines is 1. The number of nitrogens with one attached hydrogen (secondary N) is 2. The molecule has 8 nitrogen and oxygen atoms in total. The highest BCUT2D eigenvalue weighted by Crippen LogP contribution is 2.31. The molecule has 3 rings (SSSR count). The molecule has 152 valence electrons. The summed E-state index contributed by atoms with van der Waals surface area (Å²) in [4.78, 5) is 4.18. The number of furan rings is 1. The van der Waals surface area contributed by atoms with Gasteiger partial charge in [0.05, 0.1) is 6.04 Å². The Kier molecular flexibility index (Phi) is 5.10. The third-order valence-electron chi connectivity index (χ3n) is 4.07. The molecule has 0 saturated carbocycles.